The second-order valence-corrected chi connectivity index (χ2v) is 3.39. The summed E-state index contributed by atoms with van der Waals surface area (Å²) in [6, 6.07) is 1.71. The normalized spacial score (nSPS) is 12.9. The Morgan fingerprint density at radius 1 is 1.83 bits per heavy atom. The monoisotopic (exact) mass is 232 g/mol. The Labute approximate surface area is 78.3 Å². The molecule has 1 aromatic rings. The van der Waals surface area contributed by atoms with Gasteiger partial charge in [0.1, 0.15) is 4.60 Å². The SMILES string of the molecule is C[C@H](C(=O)O)c1cc(Br)nn1C. The van der Waals surface area contributed by atoms with E-state index in [4.69, 9.17) is 5.11 Å². The summed E-state index contributed by atoms with van der Waals surface area (Å²) in [7, 11) is 1.72. The molecule has 1 N–H and O–H groups in total. The van der Waals surface area contributed by atoms with Crippen molar-refractivity contribution in [2.75, 3.05) is 0 Å². The lowest BCUT2D eigenvalue weighted by atomic mass is 10.1. The number of nitrogens with zero attached hydrogens (tertiary/aromatic N) is 2. The predicted octanol–water partition coefficient (Wildman–Crippen LogP) is 1.37. The molecule has 0 amide bonds. The maximum absolute atomic E-state index is 10.6. The lowest BCUT2D eigenvalue weighted by Gasteiger charge is -2.04. The van der Waals surface area contributed by atoms with Crippen molar-refractivity contribution < 1.29 is 9.90 Å². The quantitative estimate of drug-likeness (QED) is 0.839. The van der Waals surface area contributed by atoms with Gasteiger partial charge in [0.05, 0.1) is 11.6 Å². The number of aryl methyl sites for hydroxylation is 1. The van der Waals surface area contributed by atoms with Crippen molar-refractivity contribution in [1.29, 1.82) is 0 Å². The van der Waals surface area contributed by atoms with Gasteiger partial charge in [-0.3, -0.25) is 9.48 Å². The van der Waals surface area contributed by atoms with Crippen LogP contribution in [0, 0.1) is 0 Å². The third-order valence-electron chi connectivity index (χ3n) is 1.70. The van der Waals surface area contributed by atoms with Crippen LogP contribution in [-0.4, -0.2) is 20.9 Å². The molecule has 0 aliphatic heterocycles. The maximum atomic E-state index is 10.6. The third kappa shape index (κ3) is 1.66. The lowest BCUT2D eigenvalue weighted by Crippen LogP contribution is -2.11. The Hall–Kier alpha value is -0.840. The molecule has 1 atom stereocenters. The van der Waals surface area contributed by atoms with Gasteiger partial charge >= 0.3 is 5.97 Å². The summed E-state index contributed by atoms with van der Waals surface area (Å²) < 4.78 is 2.22. The van der Waals surface area contributed by atoms with Crippen LogP contribution < -0.4 is 0 Å². The van der Waals surface area contributed by atoms with E-state index in [9.17, 15) is 4.79 Å². The van der Waals surface area contributed by atoms with Gasteiger partial charge in [-0.05, 0) is 28.9 Å². The summed E-state index contributed by atoms with van der Waals surface area (Å²) >= 11 is 3.18. The highest BCUT2D eigenvalue weighted by molar-refractivity contribution is 9.10. The summed E-state index contributed by atoms with van der Waals surface area (Å²) in [6.07, 6.45) is 0. The molecule has 0 fully saturated rings. The molecule has 0 aromatic carbocycles. The van der Waals surface area contributed by atoms with Gasteiger partial charge in [-0.15, -0.1) is 0 Å². The van der Waals surface area contributed by atoms with Crippen molar-refractivity contribution >= 4 is 21.9 Å². The standard InChI is InChI=1S/C7H9BrN2O2/c1-4(7(11)12)5-3-6(8)9-10(5)2/h3-4H,1-2H3,(H,11,12)/t4-/m0/s1. The number of halogens is 1. The van der Waals surface area contributed by atoms with E-state index < -0.39 is 11.9 Å². The van der Waals surface area contributed by atoms with E-state index in [-0.39, 0.29) is 0 Å². The van der Waals surface area contributed by atoms with Crippen LogP contribution >= 0.6 is 15.9 Å². The van der Waals surface area contributed by atoms with E-state index in [1.165, 1.54) is 0 Å². The molecule has 1 aromatic heterocycles. The van der Waals surface area contributed by atoms with Gasteiger partial charge < -0.3 is 5.11 Å². The van der Waals surface area contributed by atoms with Crippen LogP contribution in [0.1, 0.15) is 18.5 Å². The molecule has 0 aliphatic rings. The molecular formula is C7H9BrN2O2. The van der Waals surface area contributed by atoms with Crippen LogP contribution in [-0.2, 0) is 11.8 Å². The highest BCUT2D eigenvalue weighted by Crippen LogP contribution is 2.18. The molecule has 12 heavy (non-hydrogen) atoms. The third-order valence-corrected chi connectivity index (χ3v) is 2.09. The lowest BCUT2D eigenvalue weighted by molar-refractivity contribution is -0.138. The Morgan fingerprint density at radius 3 is 2.75 bits per heavy atom. The zero-order valence-corrected chi connectivity index (χ0v) is 8.37. The average molecular weight is 233 g/mol. The Morgan fingerprint density at radius 2 is 2.42 bits per heavy atom. The van der Waals surface area contributed by atoms with Crippen molar-refractivity contribution in [1.82, 2.24) is 9.78 Å². The van der Waals surface area contributed by atoms with Crippen molar-refractivity contribution in [3.8, 4) is 0 Å². The van der Waals surface area contributed by atoms with Gasteiger partial charge in [0, 0.05) is 7.05 Å². The van der Waals surface area contributed by atoms with E-state index in [0.29, 0.717) is 10.3 Å². The van der Waals surface area contributed by atoms with E-state index in [1.54, 1.807) is 24.7 Å². The zero-order valence-electron chi connectivity index (χ0n) is 6.78. The predicted molar refractivity (Wildman–Crippen MR) is 47.0 cm³/mol. The van der Waals surface area contributed by atoms with Gasteiger partial charge in [0.15, 0.2) is 0 Å². The van der Waals surface area contributed by atoms with Gasteiger partial charge in [-0.1, -0.05) is 0 Å². The number of aromatic nitrogens is 2. The summed E-state index contributed by atoms with van der Waals surface area (Å²) in [5.74, 6) is -1.36. The molecular weight excluding hydrogens is 224 g/mol. The smallest absolute Gasteiger partial charge is 0.312 e. The summed E-state index contributed by atoms with van der Waals surface area (Å²) in [4.78, 5) is 10.6. The number of carboxylic acids is 1. The molecule has 0 bridgehead atoms. The minimum atomic E-state index is -0.842. The molecule has 0 saturated carbocycles. The van der Waals surface area contributed by atoms with Gasteiger partial charge in [0.25, 0.3) is 0 Å². The highest BCUT2D eigenvalue weighted by atomic mass is 79.9. The van der Waals surface area contributed by atoms with Crippen LogP contribution in [0.15, 0.2) is 10.7 Å². The van der Waals surface area contributed by atoms with E-state index in [1.807, 2.05) is 0 Å². The molecule has 0 spiro atoms. The molecule has 0 saturated heterocycles. The largest absolute Gasteiger partial charge is 0.481 e. The van der Waals surface area contributed by atoms with Crippen molar-refractivity contribution in [3.63, 3.8) is 0 Å². The van der Waals surface area contributed by atoms with Crippen LogP contribution in [0.3, 0.4) is 0 Å². The second kappa shape index (κ2) is 3.26. The Bertz CT molecular complexity index is 308. The Kier molecular flexibility index (Phi) is 2.52. The molecule has 4 nitrogen and oxygen atoms in total. The first-order valence-corrected chi connectivity index (χ1v) is 4.24. The first-order chi connectivity index (χ1) is 5.52. The van der Waals surface area contributed by atoms with Crippen molar-refractivity contribution in [3.05, 3.63) is 16.4 Å². The minimum absolute atomic E-state index is 0.520. The molecule has 1 heterocycles. The summed E-state index contributed by atoms with van der Waals surface area (Å²) in [5, 5.41) is 12.7. The second-order valence-electron chi connectivity index (χ2n) is 2.58. The minimum Gasteiger partial charge on any atom is -0.481 e. The van der Waals surface area contributed by atoms with Crippen LogP contribution in [0.2, 0.25) is 0 Å². The topological polar surface area (TPSA) is 55.1 Å². The first-order valence-electron chi connectivity index (χ1n) is 3.44. The molecule has 66 valence electrons. The van der Waals surface area contributed by atoms with Crippen LogP contribution in [0.25, 0.3) is 0 Å². The fraction of sp³-hybridized carbons (Fsp3) is 0.429. The van der Waals surface area contributed by atoms with Gasteiger partial charge in [0.2, 0.25) is 0 Å². The molecule has 0 radical (unpaired) electrons. The fourth-order valence-electron chi connectivity index (χ4n) is 0.977. The average Bonchev–Trinajstić information content (AvgIpc) is 2.28. The van der Waals surface area contributed by atoms with Crippen LogP contribution in [0.5, 0.6) is 0 Å². The number of carboxylic acid groups (broad SMARTS) is 1. The fourth-order valence-corrected chi connectivity index (χ4v) is 1.45. The molecule has 0 aliphatic carbocycles. The van der Waals surface area contributed by atoms with Gasteiger partial charge in [-0.25, -0.2) is 0 Å². The van der Waals surface area contributed by atoms with Crippen LogP contribution in [0.4, 0.5) is 0 Å². The molecule has 1 rings (SSSR count). The van der Waals surface area contributed by atoms with Crippen molar-refractivity contribution in [2.24, 2.45) is 7.05 Å². The number of aliphatic carboxylic acids is 1. The highest BCUT2D eigenvalue weighted by Gasteiger charge is 2.17. The van der Waals surface area contributed by atoms with E-state index in [0.717, 1.165) is 0 Å². The van der Waals surface area contributed by atoms with E-state index >= 15 is 0 Å². The number of hydrogen-bond acceptors (Lipinski definition) is 2. The maximum Gasteiger partial charge on any atom is 0.312 e. The van der Waals surface area contributed by atoms with E-state index in [2.05, 4.69) is 21.0 Å². The first kappa shape index (κ1) is 9.25. The molecule has 5 heteroatoms. The number of carbonyl (C=O) groups is 1. The van der Waals surface area contributed by atoms with Gasteiger partial charge in [-0.2, -0.15) is 5.10 Å². The molecule has 0 unspecified atom stereocenters. The Balaban J connectivity index is 3.02. The number of hydrogen-bond donors (Lipinski definition) is 1. The summed E-state index contributed by atoms with van der Waals surface area (Å²) in [5.41, 5.74) is 0.689. The van der Waals surface area contributed by atoms with Crippen molar-refractivity contribution in [2.45, 2.75) is 12.8 Å². The zero-order chi connectivity index (χ0) is 9.30. The summed E-state index contributed by atoms with van der Waals surface area (Å²) in [6.45, 7) is 1.63. The number of rotatable bonds is 2.